The van der Waals surface area contributed by atoms with Crippen molar-refractivity contribution in [2.75, 3.05) is 5.32 Å². The molecule has 6 heteroatoms. The number of imidazole rings is 1. The zero-order chi connectivity index (χ0) is 13.2. The molecule has 0 aliphatic heterocycles. The lowest BCUT2D eigenvalue weighted by molar-refractivity contribution is 0.626. The van der Waals surface area contributed by atoms with Gasteiger partial charge in [-0.3, -0.25) is 0 Å². The molecule has 0 aliphatic rings. The van der Waals surface area contributed by atoms with Crippen LogP contribution in [0.2, 0.25) is 0 Å². The molecule has 96 valence electrons. The Kier molecular flexibility index (Phi) is 3.16. The molecule has 0 atom stereocenters. The fourth-order valence-corrected chi connectivity index (χ4v) is 2.25. The molecule has 19 heavy (non-hydrogen) atoms. The van der Waals surface area contributed by atoms with Crippen LogP contribution in [0.25, 0.3) is 5.65 Å². The van der Waals surface area contributed by atoms with E-state index in [9.17, 15) is 4.39 Å². The number of hydrogen-bond donors (Lipinski definition) is 1. The van der Waals surface area contributed by atoms with Crippen LogP contribution < -0.4 is 5.32 Å². The minimum Gasteiger partial charge on any atom is -0.363 e. The number of nitrogens with zero attached hydrogens (tertiary/aromatic N) is 3. The van der Waals surface area contributed by atoms with Crippen LogP contribution in [0.15, 0.2) is 47.5 Å². The Morgan fingerprint density at radius 1 is 1.37 bits per heavy atom. The highest BCUT2D eigenvalue weighted by atomic mass is 79.9. The Morgan fingerprint density at radius 2 is 2.26 bits per heavy atom. The van der Waals surface area contributed by atoms with Crippen molar-refractivity contribution in [3.05, 3.63) is 58.8 Å². The lowest BCUT2D eigenvalue weighted by atomic mass is 10.2. The highest BCUT2D eigenvalue weighted by molar-refractivity contribution is 9.10. The topological polar surface area (TPSA) is 42.2 Å². The number of hydrogen-bond acceptors (Lipinski definition) is 3. The predicted octanol–water partition coefficient (Wildman–Crippen LogP) is 3.24. The molecule has 0 amide bonds. The van der Waals surface area contributed by atoms with Gasteiger partial charge in [-0.1, -0.05) is 12.1 Å². The summed E-state index contributed by atoms with van der Waals surface area (Å²) in [5.74, 6) is 0.413. The lowest BCUT2D eigenvalue weighted by Gasteiger charge is -2.07. The molecule has 3 aromatic rings. The summed E-state index contributed by atoms with van der Waals surface area (Å²) in [4.78, 5) is 8.57. The van der Waals surface area contributed by atoms with Crippen LogP contribution in [-0.4, -0.2) is 14.4 Å². The van der Waals surface area contributed by atoms with Gasteiger partial charge < -0.3 is 9.72 Å². The normalized spacial score (nSPS) is 10.8. The van der Waals surface area contributed by atoms with Gasteiger partial charge in [-0.25, -0.2) is 14.4 Å². The van der Waals surface area contributed by atoms with Gasteiger partial charge in [0.2, 0.25) is 0 Å². The van der Waals surface area contributed by atoms with E-state index in [1.54, 1.807) is 12.3 Å². The summed E-state index contributed by atoms with van der Waals surface area (Å²) in [6, 6.07) is 6.46. The maximum Gasteiger partial charge on any atom is 0.180 e. The summed E-state index contributed by atoms with van der Waals surface area (Å²) in [6.07, 6.45) is 5.38. The molecule has 3 rings (SSSR count). The first-order valence-electron chi connectivity index (χ1n) is 5.70. The molecule has 2 aromatic heterocycles. The Hall–Kier alpha value is -1.95. The molecule has 0 spiro atoms. The van der Waals surface area contributed by atoms with Crippen LogP contribution in [0.4, 0.5) is 10.2 Å². The number of fused-ring (bicyclic) bond motifs is 1. The number of benzene rings is 1. The fraction of sp³-hybridized carbons (Fsp3) is 0.0769. The van der Waals surface area contributed by atoms with E-state index >= 15 is 0 Å². The maximum atomic E-state index is 13.1. The Labute approximate surface area is 117 Å². The summed E-state index contributed by atoms with van der Waals surface area (Å²) in [6.45, 7) is 0.490. The van der Waals surface area contributed by atoms with Crippen molar-refractivity contribution in [3.63, 3.8) is 0 Å². The van der Waals surface area contributed by atoms with E-state index in [2.05, 4.69) is 31.2 Å². The summed E-state index contributed by atoms with van der Waals surface area (Å²) in [7, 11) is 0. The third kappa shape index (κ3) is 2.58. The molecule has 0 saturated carbocycles. The van der Waals surface area contributed by atoms with Crippen molar-refractivity contribution in [3.8, 4) is 0 Å². The average Bonchev–Trinajstić information content (AvgIpc) is 2.84. The highest BCUT2D eigenvalue weighted by Gasteiger charge is 2.06. The number of rotatable bonds is 3. The number of aromatic nitrogens is 3. The molecule has 0 aliphatic carbocycles. The Balaban J connectivity index is 1.87. The monoisotopic (exact) mass is 320 g/mol. The predicted molar refractivity (Wildman–Crippen MR) is 74.4 cm³/mol. The van der Waals surface area contributed by atoms with Gasteiger partial charge in [-0.2, -0.15) is 0 Å². The lowest BCUT2D eigenvalue weighted by Crippen LogP contribution is -2.04. The quantitative estimate of drug-likeness (QED) is 0.805. The zero-order valence-electron chi connectivity index (χ0n) is 9.85. The first-order valence-corrected chi connectivity index (χ1v) is 6.49. The molecule has 0 saturated heterocycles. The minimum absolute atomic E-state index is 0.243. The van der Waals surface area contributed by atoms with Gasteiger partial charge in [0, 0.05) is 25.1 Å². The average molecular weight is 321 g/mol. The van der Waals surface area contributed by atoms with E-state index in [-0.39, 0.29) is 5.82 Å². The van der Waals surface area contributed by atoms with Crippen LogP contribution >= 0.6 is 15.9 Å². The second-order valence-electron chi connectivity index (χ2n) is 4.05. The van der Waals surface area contributed by atoms with Crippen LogP contribution in [0, 0.1) is 5.82 Å². The van der Waals surface area contributed by atoms with Crippen molar-refractivity contribution in [1.29, 1.82) is 0 Å². The third-order valence-electron chi connectivity index (χ3n) is 2.69. The van der Waals surface area contributed by atoms with Crippen molar-refractivity contribution in [1.82, 2.24) is 14.4 Å². The molecule has 0 unspecified atom stereocenters. The molecule has 2 heterocycles. The third-order valence-corrected chi connectivity index (χ3v) is 3.08. The van der Waals surface area contributed by atoms with E-state index in [4.69, 9.17) is 0 Å². The molecular formula is C13H10BrFN4. The van der Waals surface area contributed by atoms with Gasteiger partial charge in [0.05, 0.1) is 0 Å². The largest absolute Gasteiger partial charge is 0.363 e. The van der Waals surface area contributed by atoms with E-state index in [1.807, 2.05) is 22.9 Å². The number of nitrogens with one attached hydrogen (secondary N) is 1. The Morgan fingerprint density at radius 3 is 3.11 bits per heavy atom. The second kappa shape index (κ2) is 4.97. The second-order valence-corrected chi connectivity index (χ2v) is 4.87. The van der Waals surface area contributed by atoms with Crippen LogP contribution in [0.3, 0.4) is 0 Å². The van der Waals surface area contributed by atoms with Gasteiger partial charge in [0.15, 0.2) is 11.5 Å². The molecule has 0 radical (unpaired) electrons. The van der Waals surface area contributed by atoms with Gasteiger partial charge in [-0.05, 0) is 33.6 Å². The van der Waals surface area contributed by atoms with Gasteiger partial charge in [0.1, 0.15) is 10.4 Å². The molecule has 1 aromatic carbocycles. The molecular weight excluding hydrogens is 311 g/mol. The van der Waals surface area contributed by atoms with E-state index in [0.717, 1.165) is 11.2 Å². The minimum atomic E-state index is -0.243. The molecule has 0 fully saturated rings. The number of anilines is 1. The van der Waals surface area contributed by atoms with Crippen LogP contribution in [0.1, 0.15) is 5.56 Å². The van der Waals surface area contributed by atoms with Crippen LogP contribution in [0.5, 0.6) is 0 Å². The standard InChI is InChI=1S/C13H10BrFN4/c14-11-8-19-5-4-16-13(19)12(18-11)17-7-9-2-1-3-10(15)6-9/h1-6,8H,7H2,(H,17,18). The van der Waals surface area contributed by atoms with Gasteiger partial charge >= 0.3 is 0 Å². The van der Waals surface area contributed by atoms with E-state index < -0.39 is 0 Å². The van der Waals surface area contributed by atoms with Crippen molar-refractivity contribution >= 4 is 27.4 Å². The fourth-order valence-electron chi connectivity index (χ4n) is 1.85. The summed E-state index contributed by atoms with van der Waals surface area (Å²) in [5.41, 5.74) is 1.59. The maximum absolute atomic E-state index is 13.1. The first kappa shape index (κ1) is 12.1. The summed E-state index contributed by atoms with van der Waals surface area (Å²) in [5, 5.41) is 3.17. The first-order chi connectivity index (χ1) is 9.22. The van der Waals surface area contributed by atoms with Crippen molar-refractivity contribution in [2.24, 2.45) is 0 Å². The smallest absolute Gasteiger partial charge is 0.180 e. The molecule has 4 nitrogen and oxygen atoms in total. The van der Waals surface area contributed by atoms with Gasteiger partial charge in [-0.15, -0.1) is 0 Å². The van der Waals surface area contributed by atoms with Crippen molar-refractivity contribution < 1.29 is 4.39 Å². The van der Waals surface area contributed by atoms with E-state index in [0.29, 0.717) is 17.0 Å². The molecule has 0 bridgehead atoms. The number of halogens is 2. The Bertz CT molecular complexity index is 725. The zero-order valence-corrected chi connectivity index (χ0v) is 11.4. The SMILES string of the molecule is Fc1cccc(CNc2nc(Br)cn3ccnc23)c1. The van der Waals surface area contributed by atoms with E-state index in [1.165, 1.54) is 12.1 Å². The van der Waals surface area contributed by atoms with Crippen LogP contribution in [-0.2, 0) is 6.54 Å². The van der Waals surface area contributed by atoms with Gasteiger partial charge in [0.25, 0.3) is 0 Å². The highest BCUT2D eigenvalue weighted by Crippen LogP contribution is 2.17. The molecule has 1 N–H and O–H groups in total. The van der Waals surface area contributed by atoms with Crippen molar-refractivity contribution in [2.45, 2.75) is 6.54 Å². The summed E-state index contributed by atoms with van der Waals surface area (Å²) >= 11 is 3.35. The summed E-state index contributed by atoms with van der Waals surface area (Å²) < 4.78 is 15.7.